The zero-order valence-corrected chi connectivity index (χ0v) is 13.7. The summed E-state index contributed by atoms with van der Waals surface area (Å²) in [5.74, 6) is 0.691. The number of carbonyl (C=O) groups excluding carboxylic acids is 1. The Kier molecular flexibility index (Phi) is 5.33. The fraction of sp³-hybridized carbons (Fsp3) is 0.647. The number of ether oxygens (including phenoxy) is 2. The summed E-state index contributed by atoms with van der Waals surface area (Å²) in [6.07, 6.45) is 5.82. The van der Waals surface area contributed by atoms with E-state index in [0.717, 1.165) is 31.2 Å². The fourth-order valence-electron chi connectivity index (χ4n) is 3.05. The first-order valence-corrected chi connectivity index (χ1v) is 8.43. The van der Waals surface area contributed by atoms with Gasteiger partial charge in [0.15, 0.2) is 0 Å². The fourth-order valence-corrected chi connectivity index (χ4v) is 3.05. The van der Waals surface area contributed by atoms with Crippen LogP contribution in [-0.4, -0.2) is 54.4 Å². The van der Waals surface area contributed by atoms with Crippen LogP contribution in [0.3, 0.4) is 0 Å². The highest BCUT2D eigenvalue weighted by Gasteiger charge is 2.26. The molecule has 2 heterocycles. The highest BCUT2D eigenvalue weighted by Crippen LogP contribution is 2.23. The van der Waals surface area contributed by atoms with Gasteiger partial charge in [-0.05, 0) is 38.2 Å². The first-order chi connectivity index (χ1) is 11.2. The molecule has 0 unspecified atom stereocenters. The Morgan fingerprint density at radius 1 is 1.26 bits per heavy atom. The third kappa shape index (κ3) is 4.58. The maximum atomic E-state index is 12.2. The summed E-state index contributed by atoms with van der Waals surface area (Å²) in [4.78, 5) is 18.3. The third-order valence-electron chi connectivity index (χ3n) is 4.47. The smallest absolute Gasteiger partial charge is 0.317 e. The summed E-state index contributed by atoms with van der Waals surface area (Å²) in [5.41, 5.74) is 1.13. The Morgan fingerprint density at radius 3 is 2.65 bits per heavy atom. The van der Waals surface area contributed by atoms with E-state index >= 15 is 0 Å². The van der Waals surface area contributed by atoms with Crippen molar-refractivity contribution in [3.8, 4) is 5.88 Å². The largest absolute Gasteiger partial charge is 0.474 e. The Bertz CT molecular complexity index is 506. The molecule has 23 heavy (non-hydrogen) atoms. The molecule has 1 N–H and O–H groups in total. The topological polar surface area (TPSA) is 63.7 Å². The van der Waals surface area contributed by atoms with Crippen LogP contribution in [0.5, 0.6) is 5.88 Å². The first-order valence-electron chi connectivity index (χ1n) is 8.43. The Balaban J connectivity index is 1.41. The molecule has 0 bridgehead atoms. The lowest BCUT2D eigenvalue weighted by atomic mass is 9.93. The highest BCUT2D eigenvalue weighted by atomic mass is 16.5. The molecule has 3 rings (SSSR count). The summed E-state index contributed by atoms with van der Waals surface area (Å²) in [6.45, 7) is 4.65. The Labute approximate surface area is 137 Å². The van der Waals surface area contributed by atoms with Gasteiger partial charge in [-0.3, -0.25) is 0 Å². The second-order valence-electron chi connectivity index (χ2n) is 6.31. The van der Waals surface area contributed by atoms with E-state index in [0.29, 0.717) is 32.2 Å². The maximum absolute atomic E-state index is 12.2. The molecule has 1 aromatic rings. The number of aryl methyl sites for hydroxylation is 1. The van der Waals surface area contributed by atoms with Crippen LogP contribution < -0.4 is 10.1 Å². The van der Waals surface area contributed by atoms with Gasteiger partial charge in [0.2, 0.25) is 5.88 Å². The molecule has 2 aliphatic rings. The van der Waals surface area contributed by atoms with Gasteiger partial charge in [-0.1, -0.05) is 6.07 Å². The van der Waals surface area contributed by atoms with E-state index in [1.807, 2.05) is 30.2 Å². The van der Waals surface area contributed by atoms with Crippen molar-refractivity contribution in [3.63, 3.8) is 0 Å². The molecule has 1 aliphatic carbocycles. The van der Waals surface area contributed by atoms with Gasteiger partial charge in [-0.15, -0.1) is 0 Å². The molecular weight excluding hydrogens is 294 g/mol. The van der Waals surface area contributed by atoms with Crippen LogP contribution in [0.15, 0.2) is 18.3 Å². The minimum Gasteiger partial charge on any atom is -0.474 e. The number of amides is 2. The molecule has 0 radical (unpaired) electrons. The number of hydrogen-bond donors (Lipinski definition) is 1. The van der Waals surface area contributed by atoms with Crippen molar-refractivity contribution >= 4 is 6.03 Å². The minimum atomic E-state index is 0.0397. The number of morpholine rings is 1. The van der Waals surface area contributed by atoms with Crippen LogP contribution in [0.25, 0.3) is 0 Å². The molecule has 0 spiro atoms. The number of hydrogen-bond acceptors (Lipinski definition) is 4. The van der Waals surface area contributed by atoms with Crippen molar-refractivity contribution in [2.45, 2.75) is 44.8 Å². The molecule has 0 aromatic carbocycles. The van der Waals surface area contributed by atoms with E-state index in [1.165, 1.54) is 0 Å². The predicted molar refractivity (Wildman–Crippen MR) is 86.6 cm³/mol. The second-order valence-corrected chi connectivity index (χ2v) is 6.31. The van der Waals surface area contributed by atoms with Crippen LogP contribution in [0.2, 0.25) is 0 Å². The van der Waals surface area contributed by atoms with E-state index in [9.17, 15) is 4.79 Å². The average molecular weight is 319 g/mol. The van der Waals surface area contributed by atoms with E-state index in [4.69, 9.17) is 9.47 Å². The summed E-state index contributed by atoms with van der Waals surface area (Å²) >= 11 is 0. The van der Waals surface area contributed by atoms with Crippen molar-refractivity contribution in [2.75, 3.05) is 26.3 Å². The number of urea groups is 1. The van der Waals surface area contributed by atoms with Gasteiger partial charge in [0.25, 0.3) is 0 Å². The van der Waals surface area contributed by atoms with Gasteiger partial charge >= 0.3 is 6.03 Å². The van der Waals surface area contributed by atoms with Crippen molar-refractivity contribution in [1.29, 1.82) is 0 Å². The standard InChI is InChI=1S/C17H25N3O3/c1-13-2-7-16(18-12-13)23-15-5-3-14(4-6-15)19-17(21)20-8-10-22-11-9-20/h2,7,12,14-15H,3-6,8-11H2,1H3,(H,19,21). The number of aromatic nitrogens is 1. The molecule has 2 fully saturated rings. The Hall–Kier alpha value is -1.82. The molecule has 6 heteroatoms. The highest BCUT2D eigenvalue weighted by molar-refractivity contribution is 5.74. The lowest BCUT2D eigenvalue weighted by molar-refractivity contribution is 0.0513. The van der Waals surface area contributed by atoms with Crippen LogP contribution in [-0.2, 0) is 4.74 Å². The summed E-state index contributed by atoms with van der Waals surface area (Å²) < 4.78 is 11.2. The van der Waals surface area contributed by atoms with Gasteiger partial charge in [0, 0.05) is 31.4 Å². The third-order valence-corrected chi connectivity index (χ3v) is 4.47. The van der Waals surface area contributed by atoms with Crippen molar-refractivity contribution in [1.82, 2.24) is 15.2 Å². The number of pyridine rings is 1. The van der Waals surface area contributed by atoms with Crippen LogP contribution in [0.4, 0.5) is 4.79 Å². The summed E-state index contributed by atoms with van der Waals surface area (Å²) in [6, 6.07) is 4.21. The average Bonchev–Trinajstić information content (AvgIpc) is 2.59. The Morgan fingerprint density at radius 2 is 2.00 bits per heavy atom. The predicted octanol–water partition coefficient (Wildman–Crippen LogP) is 2.12. The normalized spacial score (nSPS) is 25.0. The van der Waals surface area contributed by atoms with Crippen LogP contribution in [0.1, 0.15) is 31.2 Å². The number of carbonyl (C=O) groups is 1. The molecule has 1 aromatic heterocycles. The number of nitrogens with zero attached hydrogens (tertiary/aromatic N) is 2. The lowest BCUT2D eigenvalue weighted by Crippen LogP contribution is -2.50. The van der Waals surface area contributed by atoms with Gasteiger partial charge in [0.05, 0.1) is 13.2 Å². The van der Waals surface area contributed by atoms with Crippen molar-refractivity contribution < 1.29 is 14.3 Å². The monoisotopic (exact) mass is 319 g/mol. The maximum Gasteiger partial charge on any atom is 0.317 e. The number of rotatable bonds is 3. The molecule has 0 atom stereocenters. The quantitative estimate of drug-likeness (QED) is 0.927. The van der Waals surface area contributed by atoms with Crippen molar-refractivity contribution in [2.24, 2.45) is 0 Å². The summed E-state index contributed by atoms with van der Waals surface area (Å²) in [5, 5.41) is 3.14. The zero-order chi connectivity index (χ0) is 16.1. The van der Waals surface area contributed by atoms with Gasteiger partial charge in [0.1, 0.15) is 6.10 Å². The van der Waals surface area contributed by atoms with E-state index < -0.39 is 0 Å². The lowest BCUT2D eigenvalue weighted by Gasteiger charge is -2.32. The molecule has 6 nitrogen and oxygen atoms in total. The summed E-state index contributed by atoms with van der Waals surface area (Å²) in [7, 11) is 0. The van der Waals surface area contributed by atoms with E-state index in [-0.39, 0.29) is 18.2 Å². The SMILES string of the molecule is Cc1ccc(OC2CCC(NC(=O)N3CCOCC3)CC2)nc1. The second kappa shape index (κ2) is 7.64. The molecular formula is C17H25N3O3. The van der Waals surface area contributed by atoms with Crippen LogP contribution >= 0.6 is 0 Å². The van der Waals surface area contributed by atoms with E-state index in [1.54, 1.807) is 0 Å². The number of nitrogens with one attached hydrogen (secondary N) is 1. The molecule has 2 amide bonds. The van der Waals surface area contributed by atoms with Crippen LogP contribution in [0, 0.1) is 6.92 Å². The van der Waals surface area contributed by atoms with Gasteiger partial charge < -0.3 is 19.7 Å². The van der Waals surface area contributed by atoms with Gasteiger partial charge in [-0.25, -0.2) is 9.78 Å². The van der Waals surface area contributed by atoms with E-state index in [2.05, 4.69) is 10.3 Å². The zero-order valence-electron chi connectivity index (χ0n) is 13.7. The van der Waals surface area contributed by atoms with Gasteiger partial charge in [-0.2, -0.15) is 0 Å². The molecule has 126 valence electrons. The molecule has 1 aliphatic heterocycles. The minimum absolute atomic E-state index is 0.0397. The molecule has 1 saturated heterocycles. The molecule has 1 saturated carbocycles. The van der Waals surface area contributed by atoms with Crippen molar-refractivity contribution in [3.05, 3.63) is 23.9 Å². The first kappa shape index (κ1) is 16.1.